The molecule has 0 bridgehead atoms. The lowest BCUT2D eigenvalue weighted by atomic mass is 10.0. The van der Waals surface area contributed by atoms with E-state index in [9.17, 15) is 14.4 Å². The molecule has 0 amide bonds. The molecule has 0 spiro atoms. The summed E-state index contributed by atoms with van der Waals surface area (Å²) < 4.78 is 17.0. The maximum atomic E-state index is 12.9. The standard InChI is InChI=1S/C72H132O6/c1-4-7-10-13-16-19-22-25-27-29-30-31-32-33-34-35-36-37-38-39-40-41-42-43-45-47-50-53-56-59-62-65-71(74)77-68-69(67-76-70(73)64-61-58-55-52-49-46-24-21-18-15-12-9-6-3)78-72(75)66-63-60-57-54-51-48-44-28-26-23-20-17-14-11-8-5-2/h21-22,24-25,29-30,32-33,69H,4-20,23,26-28,31,34-68H2,1-3H3/b24-21-,25-22-,30-29-,33-32-. The van der Waals surface area contributed by atoms with Gasteiger partial charge in [-0.25, -0.2) is 0 Å². The van der Waals surface area contributed by atoms with Crippen molar-refractivity contribution in [1.82, 2.24) is 0 Å². The summed E-state index contributed by atoms with van der Waals surface area (Å²) >= 11 is 0. The molecular formula is C72H132O6. The van der Waals surface area contributed by atoms with Gasteiger partial charge in [0.05, 0.1) is 0 Å². The maximum Gasteiger partial charge on any atom is 0.306 e. The van der Waals surface area contributed by atoms with Gasteiger partial charge in [-0.3, -0.25) is 14.4 Å². The third-order valence-electron chi connectivity index (χ3n) is 15.6. The van der Waals surface area contributed by atoms with Gasteiger partial charge in [0.2, 0.25) is 0 Å². The fourth-order valence-electron chi connectivity index (χ4n) is 10.3. The summed E-state index contributed by atoms with van der Waals surface area (Å²) in [6.45, 7) is 6.67. The van der Waals surface area contributed by atoms with Gasteiger partial charge in [0.25, 0.3) is 0 Å². The van der Waals surface area contributed by atoms with Crippen LogP contribution in [-0.2, 0) is 28.6 Å². The molecule has 0 N–H and O–H groups in total. The first-order valence-corrected chi connectivity index (χ1v) is 34.6. The Morgan fingerprint density at radius 1 is 0.256 bits per heavy atom. The van der Waals surface area contributed by atoms with E-state index in [0.717, 1.165) is 77.0 Å². The van der Waals surface area contributed by atoms with Crippen LogP contribution in [0.25, 0.3) is 0 Å². The molecule has 0 aliphatic carbocycles. The van der Waals surface area contributed by atoms with E-state index < -0.39 is 6.10 Å². The second kappa shape index (κ2) is 66.9. The molecule has 1 unspecified atom stereocenters. The summed E-state index contributed by atoms with van der Waals surface area (Å²) in [5.41, 5.74) is 0. The summed E-state index contributed by atoms with van der Waals surface area (Å²) in [6, 6.07) is 0. The van der Waals surface area contributed by atoms with Crippen molar-refractivity contribution >= 4 is 17.9 Å². The lowest BCUT2D eigenvalue weighted by molar-refractivity contribution is -0.167. The molecule has 0 rings (SSSR count). The van der Waals surface area contributed by atoms with Crippen LogP contribution in [0.1, 0.15) is 374 Å². The SMILES string of the molecule is CCCCCC/C=C\CCCCCCCC(=O)OCC(COC(=O)CCCCCCCCCCCCCCCCCC/C=C\C/C=C\C/C=C\CCCCCCC)OC(=O)CCCCCCCCCCCCCCCCCC. The Kier molecular flexibility index (Phi) is 64.6. The normalized spacial score (nSPS) is 12.3. The average molecular weight is 1090 g/mol. The second-order valence-electron chi connectivity index (χ2n) is 23.4. The van der Waals surface area contributed by atoms with Crippen molar-refractivity contribution in [2.24, 2.45) is 0 Å². The molecule has 0 aromatic rings. The first-order chi connectivity index (χ1) is 38.5. The van der Waals surface area contributed by atoms with Gasteiger partial charge in [-0.15, -0.1) is 0 Å². The number of ether oxygens (including phenoxy) is 3. The predicted octanol–water partition coefficient (Wildman–Crippen LogP) is 23.7. The molecule has 0 radical (unpaired) electrons. The quantitative estimate of drug-likeness (QED) is 0.0261. The number of esters is 3. The second-order valence-corrected chi connectivity index (χ2v) is 23.4. The number of hydrogen-bond donors (Lipinski definition) is 0. The van der Waals surface area contributed by atoms with E-state index in [1.807, 2.05) is 0 Å². The van der Waals surface area contributed by atoms with Crippen LogP contribution in [0.4, 0.5) is 0 Å². The van der Waals surface area contributed by atoms with Gasteiger partial charge < -0.3 is 14.2 Å². The first-order valence-electron chi connectivity index (χ1n) is 34.6. The number of unbranched alkanes of at least 4 members (excludes halogenated alkanes) is 45. The Balaban J connectivity index is 4.16. The molecule has 0 aliphatic rings. The minimum Gasteiger partial charge on any atom is -0.462 e. The fourth-order valence-corrected chi connectivity index (χ4v) is 10.3. The monoisotopic (exact) mass is 1090 g/mol. The molecule has 0 fully saturated rings. The molecule has 0 aromatic carbocycles. The van der Waals surface area contributed by atoms with Crippen molar-refractivity contribution in [3.63, 3.8) is 0 Å². The zero-order valence-electron chi connectivity index (χ0n) is 52.5. The van der Waals surface area contributed by atoms with Crippen LogP contribution < -0.4 is 0 Å². The summed E-state index contributed by atoms with van der Waals surface area (Å²) in [6.07, 6.45) is 84.2. The average Bonchev–Trinajstić information content (AvgIpc) is 3.44. The number of hydrogen-bond acceptors (Lipinski definition) is 6. The lowest BCUT2D eigenvalue weighted by Crippen LogP contribution is -2.30. The molecule has 0 saturated carbocycles. The molecule has 0 aliphatic heterocycles. The van der Waals surface area contributed by atoms with Gasteiger partial charge in [-0.2, -0.15) is 0 Å². The van der Waals surface area contributed by atoms with Crippen molar-refractivity contribution in [3.05, 3.63) is 48.6 Å². The maximum absolute atomic E-state index is 12.9. The van der Waals surface area contributed by atoms with Gasteiger partial charge in [-0.1, -0.05) is 320 Å². The van der Waals surface area contributed by atoms with E-state index in [1.54, 1.807) is 0 Å². The van der Waals surface area contributed by atoms with E-state index in [2.05, 4.69) is 69.4 Å². The highest BCUT2D eigenvalue weighted by Gasteiger charge is 2.19. The molecule has 6 nitrogen and oxygen atoms in total. The zero-order valence-corrected chi connectivity index (χ0v) is 52.5. The molecule has 1 atom stereocenters. The molecular weight excluding hydrogens is 961 g/mol. The topological polar surface area (TPSA) is 78.9 Å². The van der Waals surface area contributed by atoms with E-state index in [0.29, 0.717) is 19.3 Å². The Labute approximate surface area is 486 Å². The number of carbonyl (C=O) groups excluding carboxylic acids is 3. The van der Waals surface area contributed by atoms with E-state index in [1.165, 1.54) is 257 Å². The summed E-state index contributed by atoms with van der Waals surface area (Å²) in [5, 5.41) is 0. The Bertz CT molecular complexity index is 1350. The van der Waals surface area contributed by atoms with Crippen molar-refractivity contribution in [2.45, 2.75) is 380 Å². The van der Waals surface area contributed by atoms with Crippen LogP contribution in [0.3, 0.4) is 0 Å². The van der Waals surface area contributed by atoms with Crippen LogP contribution in [0.2, 0.25) is 0 Å². The molecule has 0 saturated heterocycles. The lowest BCUT2D eigenvalue weighted by Gasteiger charge is -2.18. The molecule has 78 heavy (non-hydrogen) atoms. The number of allylic oxidation sites excluding steroid dienone is 8. The van der Waals surface area contributed by atoms with Crippen LogP contribution in [0, 0.1) is 0 Å². The van der Waals surface area contributed by atoms with Crippen LogP contribution in [0.5, 0.6) is 0 Å². The summed E-state index contributed by atoms with van der Waals surface area (Å²) in [4.78, 5) is 38.3. The Hall–Kier alpha value is -2.63. The van der Waals surface area contributed by atoms with Crippen molar-refractivity contribution < 1.29 is 28.6 Å². The van der Waals surface area contributed by atoms with Crippen LogP contribution in [0.15, 0.2) is 48.6 Å². The number of rotatable bonds is 64. The summed E-state index contributed by atoms with van der Waals surface area (Å²) in [7, 11) is 0. The Morgan fingerprint density at radius 2 is 0.462 bits per heavy atom. The minimum atomic E-state index is -0.773. The predicted molar refractivity (Wildman–Crippen MR) is 339 cm³/mol. The molecule has 0 heterocycles. The third-order valence-corrected chi connectivity index (χ3v) is 15.6. The van der Waals surface area contributed by atoms with Gasteiger partial charge in [-0.05, 0) is 83.5 Å². The Morgan fingerprint density at radius 3 is 0.744 bits per heavy atom. The van der Waals surface area contributed by atoms with Crippen LogP contribution >= 0.6 is 0 Å². The minimum absolute atomic E-state index is 0.0706. The highest BCUT2D eigenvalue weighted by molar-refractivity contribution is 5.71. The highest BCUT2D eigenvalue weighted by atomic mass is 16.6. The van der Waals surface area contributed by atoms with Gasteiger partial charge in [0, 0.05) is 19.3 Å². The van der Waals surface area contributed by atoms with Gasteiger partial charge in [0.15, 0.2) is 6.10 Å². The molecule has 0 aromatic heterocycles. The van der Waals surface area contributed by atoms with E-state index >= 15 is 0 Å². The van der Waals surface area contributed by atoms with E-state index in [4.69, 9.17) is 14.2 Å². The van der Waals surface area contributed by atoms with Crippen molar-refractivity contribution in [3.8, 4) is 0 Å². The third kappa shape index (κ3) is 64.2. The highest BCUT2D eigenvalue weighted by Crippen LogP contribution is 2.18. The van der Waals surface area contributed by atoms with Crippen molar-refractivity contribution in [2.75, 3.05) is 13.2 Å². The largest absolute Gasteiger partial charge is 0.462 e. The van der Waals surface area contributed by atoms with E-state index in [-0.39, 0.29) is 31.1 Å². The molecule has 456 valence electrons. The zero-order chi connectivity index (χ0) is 56.4. The summed E-state index contributed by atoms with van der Waals surface area (Å²) in [5.74, 6) is -0.855. The van der Waals surface area contributed by atoms with Gasteiger partial charge >= 0.3 is 17.9 Å². The van der Waals surface area contributed by atoms with Crippen LogP contribution in [-0.4, -0.2) is 37.2 Å². The first kappa shape index (κ1) is 75.4. The molecule has 6 heteroatoms. The number of carbonyl (C=O) groups is 3. The fraction of sp³-hybridized carbons (Fsp3) is 0.847. The van der Waals surface area contributed by atoms with Crippen molar-refractivity contribution in [1.29, 1.82) is 0 Å². The van der Waals surface area contributed by atoms with Gasteiger partial charge in [0.1, 0.15) is 13.2 Å². The smallest absolute Gasteiger partial charge is 0.306 e.